The van der Waals surface area contributed by atoms with Crippen molar-refractivity contribution in [1.82, 2.24) is 29.9 Å². The standard InChI is InChI=1S/C19H26N6/c1-15-11-17(3)25(23-15)13-16(2)20-12-19-22-21-14-24(19)10-9-18-7-5-4-6-8-18/h4-8,11,14,16,20H,9-10,12-13H2,1-3H3. The van der Waals surface area contributed by atoms with Gasteiger partial charge in [-0.1, -0.05) is 30.3 Å². The summed E-state index contributed by atoms with van der Waals surface area (Å²) in [6, 6.07) is 12.9. The van der Waals surface area contributed by atoms with Gasteiger partial charge in [0.15, 0.2) is 0 Å². The largest absolute Gasteiger partial charge is 0.316 e. The van der Waals surface area contributed by atoms with Crippen LogP contribution in [0.3, 0.4) is 0 Å². The van der Waals surface area contributed by atoms with Gasteiger partial charge in [0.05, 0.1) is 18.8 Å². The van der Waals surface area contributed by atoms with Gasteiger partial charge in [-0.05, 0) is 38.8 Å². The fraction of sp³-hybridized carbons (Fsp3) is 0.421. The van der Waals surface area contributed by atoms with Crippen molar-refractivity contribution in [2.45, 2.75) is 52.9 Å². The Labute approximate surface area is 148 Å². The predicted octanol–water partition coefficient (Wildman–Crippen LogP) is 2.51. The molecular weight excluding hydrogens is 312 g/mol. The molecule has 0 radical (unpaired) electrons. The Morgan fingerprint density at radius 3 is 2.68 bits per heavy atom. The molecule has 2 aromatic heterocycles. The molecule has 0 aliphatic carbocycles. The number of aromatic nitrogens is 5. The molecule has 6 heteroatoms. The Morgan fingerprint density at radius 2 is 1.96 bits per heavy atom. The summed E-state index contributed by atoms with van der Waals surface area (Å²) >= 11 is 0. The predicted molar refractivity (Wildman–Crippen MR) is 98.2 cm³/mol. The Kier molecular flexibility index (Phi) is 5.60. The van der Waals surface area contributed by atoms with E-state index in [2.05, 4.69) is 69.4 Å². The number of nitrogens with zero attached hydrogens (tertiary/aromatic N) is 5. The monoisotopic (exact) mass is 338 g/mol. The zero-order chi connectivity index (χ0) is 17.6. The van der Waals surface area contributed by atoms with Crippen LogP contribution in [0.25, 0.3) is 0 Å². The van der Waals surface area contributed by atoms with Crippen LogP contribution >= 0.6 is 0 Å². The fourth-order valence-electron chi connectivity index (χ4n) is 2.95. The smallest absolute Gasteiger partial charge is 0.146 e. The third-order valence-corrected chi connectivity index (χ3v) is 4.34. The van der Waals surface area contributed by atoms with Crippen LogP contribution in [-0.4, -0.2) is 30.6 Å². The summed E-state index contributed by atoms with van der Waals surface area (Å²) in [5.41, 5.74) is 3.58. The number of nitrogens with one attached hydrogen (secondary N) is 1. The van der Waals surface area contributed by atoms with E-state index >= 15 is 0 Å². The highest BCUT2D eigenvalue weighted by atomic mass is 15.3. The van der Waals surface area contributed by atoms with Crippen molar-refractivity contribution in [2.75, 3.05) is 0 Å². The van der Waals surface area contributed by atoms with Crippen LogP contribution in [0.15, 0.2) is 42.7 Å². The van der Waals surface area contributed by atoms with Gasteiger partial charge in [0, 0.05) is 18.3 Å². The van der Waals surface area contributed by atoms with Crippen LogP contribution in [0.2, 0.25) is 0 Å². The van der Waals surface area contributed by atoms with Crippen molar-refractivity contribution in [3.05, 3.63) is 65.5 Å². The molecule has 0 saturated heterocycles. The Bertz CT molecular complexity index is 789. The first-order valence-electron chi connectivity index (χ1n) is 8.77. The quantitative estimate of drug-likeness (QED) is 0.685. The highest BCUT2D eigenvalue weighted by Gasteiger charge is 2.09. The number of hydrogen-bond acceptors (Lipinski definition) is 4. The molecule has 1 aromatic carbocycles. The molecular formula is C19H26N6. The average molecular weight is 338 g/mol. The zero-order valence-corrected chi connectivity index (χ0v) is 15.2. The molecule has 0 amide bonds. The normalized spacial score (nSPS) is 12.4. The van der Waals surface area contributed by atoms with Crippen molar-refractivity contribution in [3.63, 3.8) is 0 Å². The topological polar surface area (TPSA) is 60.6 Å². The summed E-state index contributed by atoms with van der Waals surface area (Å²) in [5, 5.41) is 16.4. The van der Waals surface area contributed by atoms with Gasteiger partial charge >= 0.3 is 0 Å². The van der Waals surface area contributed by atoms with E-state index in [-0.39, 0.29) is 0 Å². The number of aryl methyl sites for hydroxylation is 4. The first-order valence-corrected chi connectivity index (χ1v) is 8.77. The summed E-state index contributed by atoms with van der Waals surface area (Å²) in [5.74, 6) is 0.969. The van der Waals surface area contributed by atoms with Crippen LogP contribution in [-0.2, 0) is 26.1 Å². The third kappa shape index (κ3) is 4.76. The second-order valence-corrected chi connectivity index (χ2v) is 6.57. The lowest BCUT2D eigenvalue weighted by Gasteiger charge is -2.15. The molecule has 1 unspecified atom stereocenters. The van der Waals surface area contributed by atoms with Crippen LogP contribution in [0.1, 0.15) is 29.7 Å². The lowest BCUT2D eigenvalue weighted by molar-refractivity contribution is 0.433. The molecule has 0 aliphatic rings. The molecule has 25 heavy (non-hydrogen) atoms. The third-order valence-electron chi connectivity index (χ3n) is 4.34. The van der Waals surface area contributed by atoms with E-state index in [1.807, 2.05) is 24.0 Å². The van der Waals surface area contributed by atoms with Crippen molar-refractivity contribution in [3.8, 4) is 0 Å². The molecule has 1 N–H and O–H groups in total. The molecule has 1 atom stereocenters. The number of rotatable bonds is 8. The summed E-state index contributed by atoms with van der Waals surface area (Å²) < 4.78 is 4.17. The van der Waals surface area contributed by atoms with Gasteiger partial charge in [0.2, 0.25) is 0 Å². The van der Waals surface area contributed by atoms with Crippen LogP contribution in [0.5, 0.6) is 0 Å². The second kappa shape index (κ2) is 8.07. The summed E-state index contributed by atoms with van der Waals surface area (Å²) in [7, 11) is 0. The van der Waals surface area contributed by atoms with Gasteiger partial charge in [-0.25, -0.2) is 0 Å². The highest BCUT2D eigenvalue weighted by molar-refractivity contribution is 5.14. The molecule has 132 valence electrons. The first-order chi connectivity index (χ1) is 12.1. The molecule has 0 spiro atoms. The van der Waals surface area contributed by atoms with Crippen molar-refractivity contribution >= 4 is 0 Å². The zero-order valence-electron chi connectivity index (χ0n) is 15.2. The number of benzene rings is 1. The number of hydrogen-bond donors (Lipinski definition) is 1. The van der Waals surface area contributed by atoms with Crippen molar-refractivity contribution < 1.29 is 0 Å². The van der Waals surface area contributed by atoms with Crippen molar-refractivity contribution in [2.24, 2.45) is 0 Å². The summed E-state index contributed by atoms with van der Waals surface area (Å²) in [4.78, 5) is 0. The molecule has 3 aromatic rings. The maximum atomic E-state index is 4.52. The molecule has 6 nitrogen and oxygen atoms in total. The minimum Gasteiger partial charge on any atom is -0.316 e. The van der Waals surface area contributed by atoms with Crippen LogP contribution in [0, 0.1) is 13.8 Å². The van der Waals surface area contributed by atoms with E-state index in [0.717, 1.165) is 31.0 Å². The maximum Gasteiger partial charge on any atom is 0.146 e. The van der Waals surface area contributed by atoms with Crippen molar-refractivity contribution in [1.29, 1.82) is 0 Å². The lowest BCUT2D eigenvalue weighted by Crippen LogP contribution is -2.31. The second-order valence-electron chi connectivity index (χ2n) is 6.57. The fourth-order valence-corrected chi connectivity index (χ4v) is 2.95. The Balaban J connectivity index is 1.51. The molecule has 0 aliphatic heterocycles. The minimum absolute atomic E-state index is 0.303. The van der Waals surface area contributed by atoms with E-state index in [1.54, 1.807) is 0 Å². The average Bonchev–Trinajstić information content (AvgIpc) is 3.18. The SMILES string of the molecule is Cc1cc(C)n(CC(C)NCc2nncn2CCc2ccccc2)n1. The molecule has 0 saturated carbocycles. The van der Waals surface area contributed by atoms with Gasteiger partial charge in [0.1, 0.15) is 12.2 Å². The van der Waals surface area contributed by atoms with E-state index in [1.165, 1.54) is 11.3 Å². The first kappa shape index (κ1) is 17.4. The van der Waals surface area contributed by atoms with E-state index in [4.69, 9.17) is 0 Å². The Morgan fingerprint density at radius 1 is 1.16 bits per heavy atom. The van der Waals surface area contributed by atoms with Gasteiger partial charge in [-0.2, -0.15) is 5.10 Å². The Hall–Kier alpha value is -2.47. The van der Waals surface area contributed by atoms with Gasteiger partial charge in [-0.3, -0.25) is 4.68 Å². The highest BCUT2D eigenvalue weighted by Crippen LogP contribution is 2.05. The van der Waals surface area contributed by atoms with Gasteiger partial charge < -0.3 is 9.88 Å². The molecule has 0 fully saturated rings. The molecule has 2 heterocycles. The van der Waals surface area contributed by atoms with E-state index in [0.29, 0.717) is 12.6 Å². The van der Waals surface area contributed by atoms with Gasteiger partial charge in [0.25, 0.3) is 0 Å². The lowest BCUT2D eigenvalue weighted by atomic mass is 10.1. The van der Waals surface area contributed by atoms with E-state index in [9.17, 15) is 0 Å². The summed E-state index contributed by atoms with van der Waals surface area (Å²) in [6.45, 7) is 8.72. The maximum absolute atomic E-state index is 4.52. The van der Waals surface area contributed by atoms with E-state index < -0.39 is 0 Å². The molecule has 0 bridgehead atoms. The minimum atomic E-state index is 0.303. The molecule has 3 rings (SSSR count). The van der Waals surface area contributed by atoms with Crippen LogP contribution < -0.4 is 5.32 Å². The van der Waals surface area contributed by atoms with Gasteiger partial charge in [-0.15, -0.1) is 10.2 Å². The van der Waals surface area contributed by atoms with Crippen LogP contribution in [0.4, 0.5) is 0 Å². The summed E-state index contributed by atoms with van der Waals surface area (Å²) in [6.07, 6.45) is 2.79.